The third-order valence-corrected chi connectivity index (χ3v) is 4.76. The number of rotatable bonds is 2. The number of hydrogen-bond acceptors (Lipinski definition) is 2. The van der Waals surface area contributed by atoms with E-state index in [2.05, 4.69) is 63.1 Å². The minimum absolute atomic E-state index is 0.0102. The third kappa shape index (κ3) is 2.86. The normalized spacial score (nSPS) is 16.2. The quantitative estimate of drug-likeness (QED) is 0.549. The van der Waals surface area contributed by atoms with Gasteiger partial charge in [-0.1, -0.05) is 42.5 Å². The van der Waals surface area contributed by atoms with Crippen LogP contribution in [0.5, 0.6) is 0 Å². The average Bonchev–Trinajstić information content (AvgIpc) is 2.58. The van der Waals surface area contributed by atoms with Gasteiger partial charge in [0.05, 0.1) is 17.2 Å². The maximum Gasteiger partial charge on any atom is 0.0998 e. The summed E-state index contributed by atoms with van der Waals surface area (Å²) >= 11 is 0. The maximum absolute atomic E-state index is 9.50. The van der Waals surface area contributed by atoms with Crippen LogP contribution in [0, 0.1) is 11.3 Å². The van der Waals surface area contributed by atoms with Gasteiger partial charge in [0.15, 0.2) is 0 Å². The van der Waals surface area contributed by atoms with Crippen LogP contribution < -0.4 is 4.90 Å². The van der Waals surface area contributed by atoms with E-state index in [0.717, 1.165) is 11.1 Å². The maximum atomic E-state index is 9.50. The molecule has 0 unspecified atom stereocenters. The molecule has 1 heterocycles. The number of allylic oxidation sites excluding steroid dienone is 2. The number of likely N-dealkylation sites (N-methyl/N-ethyl adjacent to an activating group) is 1. The molecule has 0 bridgehead atoms. The van der Waals surface area contributed by atoms with Crippen molar-refractivity contribution >= 4 is 22.9 Å². The van der Waals surface area contributed by atoms with Crippen LogP contribution in [0.4, 0.5) is 5.69 Å². The van der Waals surface area contributed by atoms with Crippen LogP contribution in [-0.4, -0.2) is 12.6 Å². The van der Waals surface area contributed by atoms with Gasteiger partial charge in [-0.2, -0.15) is 5.26 Å². The minimum atomic E-state index is 0.0102. The van der Waals surface area contributed by atoms with Crippen LogP contribution in [-0.2, 0) is 0 Å². The fourth-order valence-corrected chi connectivity index (χ4v) is 3.23. The summed E-state index contributed by atoms with van der Waals surface area (Å²) in [5.41, 5.74) is 6.43. The van der Waals surface area contributed by atoms with Crippen molar-refractivity contribution in [2.75, 3.05) is 11.9 Å². The minimum Gasteiger partial charge on any atom is -0.366 e. The summed E-state index contributed by atoms with van der Waals surface area (Å²) < 4.78 is 0. The summed E-state index contributed by atoms with van der Waals surface area (Å²) in [4.78, 5) is 2.30. The van der Waals surface area contributed by atoms with Crippen molar-refractivity contribution in [3.8, 4) is 6.07 Å². The lowest BCUT2D eigenvalue weighted by atomic mass is 9.88. The monoisotopic (exact) mass is 314 g/mol. The molecular formula is C22H22N2. The lowest BCUT2D eigenvalue weighted by molar-refractivity contribution is 0.598. The van der Waals surface area contributed by atoms with Gasteiger partial charge in [-0.05, 0) is 55.7 Å². The number of fused-ring (bicyclic) bond motifs is 1. The fraction of sp³-hybridized carbons (Fsp3) is 0.227. The van der Waals surface area contributed by atoms with Gasteiger partial charge >= 0.3 is 0 Å². The molecule has 2 nitrogen and oxygen atoms in total. The topological polar surface area (TPSA) is 27.0 Å². The summed E-state index contributed by atoms with van der Waals surface area (Å²) in [6.45, 7) is 6.59. The second-order valence-corrected chi connectivity index (χ2v) is 6.85. The van der Waals surface area contributed by atoms with Crippen molar-refractivity contribution in [3.05, 3.63) is 71.3 Å². The van der Waals surface area contributed by atoms with E-state index in [1.807, 2.05) is 36.4 Å². The van der Waals surface area contributed by atoms with E-state index in [1.54, 1.807) is 0 Å². The Hall–Kier alpha value is -2.79. The summed E-state index contributed by atoms with van der Waals surface area (Å²) in [5, 5.41) is 9.50. The third-order valence-electron chi connectivity index (χ3n) is 4.76. The Balaban J connectivity index is 2.06. The highest BCUT2D eigenvalue weighted by Gasteiger charge is 2.28. The summed E-state index contributed by atoms with van der Waals surface area (Å²) in [6.07, 6.45) is 4.26. The Morgan fingerprint density at radius 1 is 1.12 bits per heavy atom. The standard InChI is InChI=1S/C22H22N2/c1-16-14-22(2,3)24(4)21-11-10-17(13-20(16)21)12-19(15-23)18-8-6-5-7-9-18/h5-14H,1-4H3/b19-12+. The summed E-state index contributed by atoms with van der Waals surface area (Å²) in [6, 6.07) is 18.5. The number of anilines is 1. The van der Waals surface area contributed by atoms with E-state index < -0.39 is 0 Å². The molecule has 120 valence electrons. The predicted molar refractivity (Wildman–Crippen MR) is 103 cm³/mol. The molecule has 0 radical (unpaired) electrons. The van der Waals surface area contributed by atoms with Gasteiger partial charge in [0.2, 0.25) is 0 Å². The first-order chi connectivity index (χ1) is 11.4. The van der Waals surface area contributed by atoms with E-state index in [4.69, 9.17) is 0 Å². The number of nitriles is 1. The van der Waals surface area contributed by atoms with Crippen LogP contribution >= 0.6 is 0 Å². The molecule has 3 rings (SSSR count). The second-order valence-electron chi connectivity index (χ2n) is 6.85. The Kier molecular flexibility index (Phi) is 4.03. The van der Waals surface area contributed by atoms with Crippen molar-refractivity contribution < 1.29 is 0 Å². The van der Waals surface area contributed by atoms with Crippen molar-refractivity contribution in [2.24, 2.45) is 0 Å². The molecule has 1 aliphatic heterocycles. The zero-order chi connectivity index (χ0) is 17.3. The second kappa shape index (κ2) is 6.02. The molecule has 0 fully saturated rings. The molecule has 1 aliphatic rings. The highest BCUT2D eigenvalue weighted by Crippen LogP contribution is 2.38. The number of nitrogens with zero attached hydrogens (tertiary/aromatic N) is 2. The van der Waals surface area contributed by atoms with Gasteiger partial charge in [-0.15, -0.1) is 0 Å². The number of benzene rings is 2. The Morgan fingerprint density at radius 2 is 1.83 bits per heavy atom. The molecule has 24 heavy (non-hydrogen) atoms. The Bertz CT molecular complexity index is 865. The van der Waals surface area contributed by atoms with Gasteiger partial charge in [0, 0.05) is 18.3 Å². The van der Waals surface area contributed by atoms with Crippen LogP contribution in [0.15, 0.2) is 54.6 Å². The lowest BCUT2D eigenvalue weighted by Gasteiger charge is -2.40. The highest BCUT2D eigenvalue weighted by atomic mass is 15.2. The largest absolute Gasteiger partial charge is 0.366 e. The molecule has 0 spiro atoms. The fourth-order valence-electron chi connectivity index (χ4n) is 3.23. The van der Waals surface area contributed by atoms with E-state index in [-0.39, 0.29) is 5.54 Å². The van der Waals surface area contributed by atoms with Crippen LogP contribution in [0.3, 0.4) is 0 Å². The van der Waals surface area contributed by atoms with Crippen LogP contribution in [0.25, 0.3) is 17.2 Å². The Morgan fingerprint density at radius 3 is 2.50 bits per heavy atom. The van der Waals surface area contributed by atoms with E-state index in [1.165, 1.54) is 16.8 Å². The predicted octanol–water partition coefficient (Wildman–Crippen LogP) is 5.38. The first-order valence-corrected chi connectivity index (χ1v) is 8.17. The van der Waals surface area contributed by atoms with Crippen LogP contribution in [0.1, 0.15) is 37.5 Å². The van der Waals surface area contributed by atoms with Gasteiger partial charge < -0.3 is 4.90 Å². The average molecular weight is 314 g/mol. The molecule has 0 atom stereocenters. The van der Waals surface area contributed by atoms with E-state index >= 15 is 0 Å². The van der Waals surface area contributed by atoms with E-state index in [9.17, 15) is 5.26 Å². The molecule has 0 amide bonds. The molecule has 0 saturated carbocycles. The van der Waals surface area contributed by atoms with Crippen molar-refractivity contribution in [3.63, 3.8) is 0 Å². The first kappa shape index (κ1) is 16.1. The van der Waals surface area contributed by atoms with Crippen molar-refractivity contribution in [1.29, 1.82) is 5.26 Å². The molecular weight excluding hydrogens is 292 g/mol. The van der Waals surface area contributed by atoms with Gasteiger partial charge in [0.1, 0.15) is 0 Å². The van der Waals surface area contributed by atoms with Crippen molar-refractivity contribution in [1.82, 2.24) is 0 Å². The molecule has 2 heteroatoms. The molecule has 0 N–H and O–H groups in total. The number of hydrogen-bond donors (Lipinski definition) is 0. The molecule has 2 aromatic rings. The van der Waals surface area contributed by atoms with Gasteiger partial charge in [-0.25, -0.2) is 0 Å². The zero-order valence-corrected chi connectivity index (χ0v) is 14.7. The summed E-state index contributed by atoms with van der Waals surface area (Å²) in [7, 11) is 2.13. The summed E-state index contributed by atoms with van der Waals surface area (Å²) in [5.74, 6) is 0. The molecule has 0 aliphatic carbocycles. The SMILES string of the molecule is CC1=CC(C)(C)N(C)c2ccc(/C=C(\C#N)c3ccccc3)cc21. The van der Waals surface area contributed by atoms with Crippen LogP contribution in [0.2, 0.25) is 0 Å². The van der Waals surface area contributed by atoms with Gasteiger partial charge in [-0.3, -0.25) is 0 Å². The molecule has 0 aromatic heterocycles. The molecule has 0 saturated heterocycles. The smallest absolute Gasteiger partial charge is 0.0998 e. The highest BCUT2D eigenvalue weighted by molar-refractivity contribution is 5.91. The van der Waals surface area contributed by atoms with E-state index in [0.29, 0.717) is 5.57 Å². The van der Waals surface area contributed by atoms with Gasteiger partial charge in [0.25, 0.3) is 0 Å². The zero-order valence-electron chi connectivity index (χ0n) is 14.7. The first-order valence-electron chi connectivity index (χ1n) is 8.17. The van der Waals surface area contributed by atoms with Crippen molar-refractivity contribution in [2.45, 2.75) is 26.3 Å². The molecule has 2 aromatic carbocycles. The Labute approximate surface area is 144 Å². The lowest BCUT2D eigenvalue weighted by Crippen LogP contribution is -2.42.